The van der Waals surface area contributed by atoms with Crippen molar-refractivity contribution in [3.8, 4) is 12.3 Å². The van der Waals surface area contributed by atoms with Crippen molar-refractivity contribution in [1.29, 1.82) is 0 Å². The number of anilines is 1. The standard InChI is InChI=1S/C12H7FIN/c1-2-9-10(13)4-3-7-5-8(15)6-11(14)12(7)9/h1,3-6H,15H2. The number of hydrogen-bond acceptors (Lipinski definition) is 1. The first-order valence-electron chi connectivity index (χ1n) is 4.27. The summed E-state index contributed by atoms with van der Waals surface area (Å²) in [5.41, 5.74) is 6.66. The predicted molar refractivity (Wildman–Crippen MR) is 69.0 cm³/mol. The molecule has 2 N–H and O–H groups in total. The average molecular weight is 311 g/mol. The molecule has 0 amide bonds. The summed E-state index contributed by atoms with van der Waals surface area (Å²) in [4.78, 5) is 0. The first kappa shape index (κ1) is 10.2. The minimum atomic E-state index is -0.368. The molecule has 2 aromatic rings. The van der Waals surface area contributed by atoms with Crippen LogP contribution in [0.15, 0.2) is 24.3 Å². The molecule has 0 saturated carbocycles. The van der Waals surface area contributed by atoms with Gasteiger partial charge in [-0.05, 0) is 46.2 Å². The van der Waals surface area contributed by atoms with E-state index in [9.17, 15) is 4.39 Å². The molecule has 0 saturated heterocycles. The molecule has 0 bridgehead atoms. The molecule has 2 rings (SSSR count). The Hall–Kier alpha value is -1.28. The van der Waals surface area contributed by atoms with Gasteiger partial charge in [-0.15, -0.1) is 6.42 Å². The smallest absolute Gasteiger partial charge is 0.139 e. The molecule has 0 aliphatic carbocycles. The van der Waals surface area contributed by atoms with Crippen LogP contribution in [0.4, 0.5) is 10.1 Å². The molecule has 2 aromatic carbocycles. The third-order valence-corrected chi connectivity index (χ3v) is 3.04. The maximum Gasteiger partial charge on any atom is 0.139 e. The van der Waals surface area contributed by atoms with E-state index in [-0.39, 0.29) is 5.82 Å². The zero-order valence-electron chi connectivity index (χ0n) is 7.72. The molecule has 1 nitrogen and oxygen atoms in total. The van der Waals surface area contributed by atoms with Crippen molar-refractivity contribution in [1.82, 2.24) is 0 Å². The van der Waals surface area contributed by atoms with Crippen LogP contribution in [0.5, 0.6) is 0 Å². The highest BCUT2D eigenvalue weighted by Crippen LogP contribution is 2.28. The fraction of sp³-hybridized carbons (Fsp3) is 0. The largest absolute Gasteiger partial charge is 0.399 e. The quantitative estimate of drug-likeness (QED) is 0.451. The van der Waals surface area contributed by atoms with Crippen LogP contribution in [-0.4, -0.2) is 0 Å². The van der Waals surface area contributed by atoms with Crippen LogP contribution in [-0.2, 0) is 0 Å². The molecule has 15 heavy (non-hydrogen) atoms. The van der Waals surface area contributed by atoms with Gasteiger partial charge in [0.15, 0.2) is 0 Å². The van der Waals surface area contributed by atoms with Gasteiger partial charge in [-0.1, -0.05) is 12.0 Å². The van der Waals surface area contributed by atoms with Gasteiger partial charge < -0.3 is 5.73 Å². The molecule has 74 valence electrons. The number of fused-ring (bicyclic) bond motifs is 1. The highest BCUT2D eigenvalue weighted by Gasteiger charge is 2.08. The van der Waals surface area contributed by atoms with E-state index < -0.39 is 0 Å². The molecular weight excluding hydrogens is 304 g/mol. The first-order valence-corrected chi connectivity index (χ1v) is 5.35. The van der Waals surface area contributed by atoms with E-state index in [0.717, 1.165) is 14.3 Å². The van der Waals surface area contributed by atoms with E-state index in [1.54, 1.807) is 18.2 Å². The second-order valence-electron chi connectivity index (χ2n) is 3.17. The second kappa shape index (κ2) is 3.70. The van der Waals surface area contributed by atoms with E-state index in [2.05, 4.69) is 28.5 Å². The lowest BCUT2D eigenvalue weighted by atomic mass is 10.0. The zero-order chi connectivity index (χ0) is 11.0. The number of nitrogens with two attached hydrogens (primary N) is 1. The molecule has 0 radical (unpaired) electrons. The minimum Gasteiger partial charge on any atom is -0.399 e. The van der Waals surface area contributed by atoms with Crippen molar-refractivity contribution in [2.75, 3.05) is 5.73 Å². The monoisotopic (exact) mass is 311 g/mol. The van der Waals surface area contributed by atoms with E-state index in [1.807, 2.05) is 0 Å². The topological polar surface area (TPSA) is 26.0 Å². The number of hydrogen-bond donors (Lipinski definition) is 1. The summed E-state index contributed by atoms with van der Waals surface area (Å²) in [6.45, 7) is 0. The van der Waals surface area contributed by atoms with E-state index in [4.69, 9.17) is 12.2 Å². The molecule has 0 atom stereocenters. The number of nitrogen functional groups attached to an aromatic ring is 1. The third-order valence-electron chi connectivity index (χ3n) is 2.19. The Morgan fingerprint density at radius 3 is 2.73 bits per heavy atom. The molecule has 0 fully saturated rings. The Kier molecular flexibility index (Phi) is 2.53. The maximum absolute atomic E-state index is 13.4. The number of halogens is 2. The predicted octanol–water partition coefficient (Wildman–Crippen LogP) is 3.15. The summed E-state index contributed by atoms with van der Waals surface area (Å²) in [5.74, 6) is 2.01. The lowest BCUT2D eigenvalue weighted by Gasteiger charge is -2.06. The van der Waals surface area contributed by atoms with Crippen molar-refractivity contribution in [2.45, 2.75) is 0 Å². The molecule has 0 unspecified atom stereocenters. The van der Waals surface area contributed by atoms with Crippen LogP contribution in [0.3, 0.4) is 0 Å². The summed E-state index contributed by atoms with van der Waals surface area (Å²) in [6.07, 6.45) is 5.30. The summed E-state index contributed by atoms with van der Waals surface area (Å²) in [6, 6.07) is 6.62. The molecular formula is C12H7FIN. The van der Waals surface area contributed by atoms with Gasteiger partial charge in [0.05, 0.1) is 5.56 Å². The van der Waals surface area contributed by atoms with Crippen LogP contribution in [0.25, 0.3) is 10.8 Å². The number of benzene rings is 2. The normalized spacial score (nSPS) is 10.2. The minimum absolute atomic E-state index is 0.303. The number of rotatable bonds is 0. The van der Waals surface area contributed by atoms with Crippen LogP contribution in [0.2, 0.25) is 0 Å². The van der Waals surface area contributed by atoms with Crippen molar-refractivity contribution < 1.29 is 4.39 Å². The molecule has 0 spiro atoms. The van der Waals surface area contributed by atoms with Gasteiger partial charge in [-0.2, -0.15) is 0 Å². The average Bonchev–Trinajstić information content (AvgIpc) is 2.18. The van der Waals surface area contributed by atoms with Crippen molar-refractivity contribution in [3.63, 3.8) is 0 Å². The van der Waals surface area contributed by atoms with E-state index in [0.29, 0.717) is 11.3 Å². The molecule has 0 heterocycles. The van der Waals surface area contributed by atoms with E-state index in [1.165, 1.54) is 6.07 Å². The van der Waals surface area contributed by atoms with Gasteiger partial charge in [0, 0.05) is 14.6 Å². The van der Waals surface area contributed by atoms with E-state index >= 15 is 0 Å². The van der Waals surface area contributed by atoms with Crippen molar-refractivity contribution >= 4 is 39.1 Å². The summed E-state index contributed by atoms with van der Waals surface area (Å²) < 4.78 is 14.3. The lowest BCUT2D eigenvalue weighted by Crippen LogP contribution is -1.92. The van der Waals surface area contributed by atoms with Gasteiger partial charge in [-0.25, -0.2) is 4.39 Å². The van der Waals surface area contributed by atoms with Crippen LogP contribution >= 0.6 is 22.6 Å². The molecule has 3 heteroatoms. The van der Waals surface area contributed by atoms with Gasteiger partial charge in [-0.3, -0.25) is 0 Å². The Morgan fingerprint density at radius 2 is 2.07 bits per heavy atom. The molecule has 0 aliphatic rings. The fourth-order valence-corrected chi connectivity index (χ4v) is 2.49. The highest BCUT2D eigenvalue weighted by molar-refractivity contribution is 14.1. The fourth-order valence-electron chi connectivity index (χ4n) is 1.55. The van der Waals surface area contributed by atoms with Gasteiger partial charge in [0.1, 0.15) is 5.82 Å². The third kappa shape index (κ3) is 1.65. The van der Waals surface area contributed by atoms with Gasteiger partial charge in [0.25, 0.3) is 0 Å². The van der Waals surface area contributed by atoms with Crippen LogP contribution < -0.4 is 5.73 Å². The summed E-state index contributed by atoms with van der Waals surface area (Å²) >= 11 is 2.11. The second-order valence-corrected chi connectivity index (χ2v) is 4.33. The van der Waals surface area contributed by atoms with Crippen molar-refractivity contribution in [3.05, 3.63) is 39.2 Å². The van der Waals surface area contributed by atoms with Crippen LogP contribution in [0, 0.1) is 21.7 Å². The summed E-state index contributed by atoms with van der Waals surface area (Å²) in [5, 5.41) is 1.63. The highest BCUT2D eigenvalue weighted by atomic mass is 127. The molecule has 0 aliphatic heterocycles. The molecule has 0 aromatic heterocycles. The maximum atomic E-state index is 13.4. The lowest BCUT2D eigenvalue weighted by molar-refractivity contribution is 0.626. The Morgan fingerprint density at radius 1 is 1.33 bits per heavy atom. The Bertz CT molecular complexity index is 584. The van der Waals surface area contributed by atoms with Crippen LogP contribution in [0.1, 0.15) is 5.56 Å². The van der Waals surface area contributed by atoms with Gasteiger partial charge in [0.2, 0.25) is 0 Å². The Balaban J connectivity index is 3.00. The van der Waals surface area contributed by atoms with Gasteiger partial charge >= 0.3 is 0 Å². The SMILES string of the molecule is C#Cc1c(F)ccc2cc(N)cc(I)c12. The number of terminal acetylenes is 1. The summed E-state index contributed by atoms with van der Waals surface area (Å²) in [7, 11) is 0. The Labute approximate surface area is 101 Å². The van der Waals surface area contributed by atoms with Crippen molar-refractivity contribution in [2.24, 2.45) is 0 Å². The zero-order valence-corrected chi connectivity index (χ0v) is 9.88. The first-order chi connectivity index (χ1) is 7.13.